The minimum Gasteiger partial charge on any atom is -0.468 e. The quantitative estimate of drug-likeness (QED) is 0.851. The first-order valence-corrected chi connectivity index (χ1v) is 7.05. The Balaban J connectivity index is 0.00000264. The van der Waals surface area contributed by atoms with Crippen LogP contribution in [0.25, 0.3) is 0 Å². The number of carbonyl (C=O) groups is 1. The molecule has 1 aliphatic carbocycles. The number of nitrogens with one attached hydrogen (secondary N) is 1. The summed E-state index contributed by atoms with van der Waals surface area (Å²) in [6.45, 7) is -0.890. The highest BCUT2D eigenvalue weighted by Gasteiger charge is 2.29. The minimum absolute atomic E-state index is 0. The van der Waals surface area contributed by atoms with Gasteiger partial charge in [0.15, 0.2) is 6.61 Å². The first-order chi connectivity index (χ1) is 10.4. The van der Waals surface area contributed by atoms with Crippen LogP contribution in [0, 0.1) is 5.92 Å². The number of halogens is 4. The average molecular weight is 354 g/mol. The van der Waals surface area contributed by atoms with Gasteiger partial charge in [0.2, 0.25) is 5.88 Å². The van der Waals surface area contributed by atoms with Gasteiger partial charge in [-0.25, -0.2) is 4.98 Å². The van der Waals surface area contributed by atoms with Crippen LogP contribution >= 0.6 is 12.4 Å². The normalized spacial score (nSPS) is 20.7. The number of aromatic nitrogens is 1. The molecular weight excluding hydrogens is 335 g/mol. The second kappa shape index (κ2) is 8.35. The summed E-state index contributed by atoms with van der Waals surface area (Å²) in [5.74, 6) is -0.207. The van der Waals surface area contributed by atoms with Crippen molar-refractivity contribution in [3.8, 4) is 5.88 Å². The maximum Gasteiger partial charge on any atom is 0.422 e. The number of rotatable bonds is 5. The molecule has 1 saturated carbocycles. The van der Waals surface area contributed by atoms with Gasteiger partial charge in [0.05, 0.1) is 5.56 Å². The molecule has 130 valence electrons. The summed E-state index contributed by atoms with van der Waals surface area (Å²) >= 11 is 0. The molecule has 2 unspecified atom stereocenters. The van der Waals surface area contributed by atoms with Gasteiger partial charge in [-0.05, 0) is 31.4 Å². The second-order valence-electron chi connectivity index (χ2n) is 5.30. The molecule has 1 heterocycles. The lowest BCUT2D eigenvalue weighted by molar-refractivity contribution is -0.154. The van der Waals surface area contributed by atoms with Crippen LogP contribution in [0.1, 0.15) is 29.6 Å². The fourth-order valence-corrected chi connectivity index (χ4v) is 2.52. The van der Waals surface area contributed by atoms with Gasteiger partial charge in [-0.2, -0.15) is 13.2 Å². The van der Waals surface area contributed by atoms with E-state index in [1.807, 2.05) is 0 Å². The number of nitrogens with two attached hydrogens (primary N) is 1. The highest BCUT2D eigenvalue weighted by molar-refractivity contribution is 5.94. The monoisotopic (exact) mass is 353 g/mol. The molecule has 23 heavy (non-hydrogen) atoms. The van der Waals surface area contributed by atoms with Crippen LogP contribution in [-0.2, 0) is 0 Å². The van der Waals surface area contributed by atoms with Crippen molar-refractivity contribution in [3.63, 3.8) is 0 Å². The van der Waals surface area contributed by atoms with Crippen LogP contribution in [0.4, 0.5) is 13.2 Å². The standard InChI is InChI=1S/C14H18F3N3O2.ClH/c15-14(16,17)8-22-12-5-4-10(7-19-12)13(21)20-11-3-1-2-9(11)6-18;/h4-5,7,9,11H,1-3,6,8,18H2,(H,20,21);1H. The summed E-state index contributed by atoms with van der Waals surface area (Å²) in [5.41, 5.74) is 5.93. The fourth-order valence-electron chi connectivity index (χ4n) is 2.52. The molecule has 0 aliphatic heterocycles. The highest BCUT2D eigenvalue weighted by atomic mass is 35.5. The topological polar surface area (TPSA) is 77.2 Å². The lowest BCUT2D eigenvalue weighted by Crippen LogP contribution is -2.39. The molecule has 2 rings (SSSR count). The molecule has 2 atom stereocenters. The van der Waals surface area contributed by atoms with E-state index in [1.165, 1.54) is 18.3 Å². The summed E-state index contributed by atoms with van der Waals surface area (Å²) in [6.07, 6.45) is -0.322. The largest absolute Gasteiger partial charge is 0.468 e. The predicted octanol–water partition coefficient (Wildman–Crippen LogP) is 2.30. The molecule has 1 aromatic rings. The highest BCUT2D eigenvalue weighted by Crippen LogP contribution is 2.25. The van der Waals surface area contributed by atoms with E-state index in [-0.39, 0.29) is 41.7 Å². The van der Waals surface area contributed by atoms with Crippen LogP contribution in [0.3, 0.4) is 0 Å². The molecule has 0 aromatic carbocycles. The van der Waals surface area contributed by atoms with E-state index >= 15 is 0 Å². The summed E-state index contributed by atoms with van der Waals surface area (Å²) < 4.78 is 40.5. The van der Waals surface area contributed by atoms with Gasteiger partial charge in [-0.3, -0.25) is 4.79 Å². The zero-order chi connectivity index (χ0) is 16.2. The zero-order valence-electron chi connectivity index (χ0n) is 12.3. The fraction of sp³-hybridized carbons (Fsp3) is 0.571. The van der Waals surface area contributed by atoms with Gasteiger partial charge in [0.25, 0.3) is 5.91 Å². The van der Waals surface area contributed by atoms with Crippen molar-refractivity contribution < 1.29 is 22.7 Å². The Morgan fingerprint density at radius 2 is 2.13 bits per heavy atom. The third-order valence-electron chi connectivity index (χ3n) is 3.66. The number of amides is 1. The van der Waals surface area contributed by atoms with E-state index in [9.17, 15) is 18.0 Å². The maximum absolute atomic E-state index is 12.1. The molecule has 0 saturated heterocycles. The van der Waals surface area contributed by atoms with Crippen LogP contribution in [0.15, 0.2) is 18.3 Å². The Kier molecular flexibility index (Phi) is 7.08. The summed E-state index contributed by atoms with van der Waals surface area (Å²) in [4.78, 5) is 15.8. The van der Waals surface area contributed by atoms with E-state index in [0.29, 0.717) is 6.54 Å². The summed E-state index contributed by atoms with van der Waals surface area (Å²) in [5, 5.41) is 2.89. The SMILES string of the molecule is Cl.NCC1CCCC1NC(=O)c1ccc(OCC(F)(F)F)nc1. The molecule has 1 aromatic heterocycles. The third-order valence-corrected chi connectivity index (χ3v) is 3.66. The number of hydrogen-bond donors (Lipinski definition) is 2. The smallest absolute Gasteiger partial charge is 0.422 e. The van der Waals surface area contributed by atoms with Crippen LogP contribution in [-0.4, -0.2) is 36.3 Å². The van der Waals surface area contributed by atoms with Crippen molar-refractivity contribution in [2.45, 2.75) is 31.5 Å². The van der Waals surface area contributed by atoms with Crippen molar-refractivity contribution >= 4 is 18.3 Å². The lowest BCUT2D eigenvalue weighted by Gasteiger charge is -2.19. The van der Waals surface area contributed by atoms with Crippen molar-refractivity contribution in [1.29, 1.82) is 0 Å². The van der Waals surface area contributed by atoms with Crippen LogP contribution in [0.2, 0.25) is 0 Å². The molecule has 1 amide bonds. The van der Waals surface area contributed by atoms with E-state index in [1.54, 1.807) is 0 Å². The Bertz CT molecular complexity index is 511. The number of pyridine rings is 1. The number of carbonyl (C=O) groups excluding carboxylic acids is 1. The van der Waals surface area contributed by atoms with Gasteiger partial charge >= 0.3 is 6.18 Å². The van der Waals surface area contributed by atoms with E-state index in [0.717, 1.165) is 19.3 Å². The molecule has 5 nitrogen and oxygen atoms in total. The molecule has 9 heteroatoms. The molecular formula is C14H19ClF3N3O2. The molecule has 1 fully saturated rings. The van der Waals surface area contributed by atoms with Gasteiger partial charge in [0.1, 0.15) is 0 Å². The number of ether oxygens (including phenoxy) is 1. The number of hydrogen-bond acceptors (Lipinski definition) is 4. The third kappa shape index (κ3) is 5.87. The van der Waals surface area contributed by atoms with E-state index in [4.69, 9.17) is 5.73 Å². The minimum atomic E-state index is -4.42. The van der Waals surface area contributed by atoms with E-state index in [2.05, 4.69) is 15.0 Å². The Morgan fingerprint density at radius 1 is 1.39 bits per heavy atom. The number of alkyl halides is 3. The predicted molar refractivity (Wildman–Crippen MR) is 80.7 cm³/mol. The summed E-state index contributed by atoms with van der Waals surface area (Å²) in [7, 11) is 0. The first-order valence-electron chi connectivity index (χ1n) is 7.05. The van der Waals surface area contributed by atoms with Gasteiger partial charge < -0.3 is 15.8 Å². The van der Waals surface area contributed by atoms with Crippen LogP contribution < -0.4 is 15.8 Å². The Labute approximate surface area is 138 Å². The Hall–Kier alpha value is -1.54. The van der Waals surface area contributed by atoms with Crippen molar-refractivity contribution in [3.05, 3.63) is 23.9 Å². The zero-order valence-corrected chi connectivity index (χ0v) is 13.1. The van der Waals surface area contributed by atoms with Gasteiger partial charge in [0, 0.05) is 18.3 Å². The van der Waals surface area contributed by atoms with Crippen LogP contribution in [0.5, 0.6) is 5.88 Å². The lowest BCUT2D eigenvalue weighted by atomic mass is 10.0. The molecule has 0 spiro atoms. The molecule has 3 N–H and O–H groups in total. The number of nitrogens with zero attached hydrogens (tertiary/aromatic N) is 1. The second-order valence-corrected chi connectivity index (χ2v) is 5.30. The summed E-state index contributed by atoms with van der Waals surface area (Å²) in [6, 6.07) is 2.68. The molecule has 0 radical (unpaired) electrons. The van der Waals surface area contributed by atoms with Gasteiger partial charge in [-0.1, -0.05) is 6.42 Å². The average Bonchev–Trinajstić information content (AvgIpc) is 2.92. The van der Waals surface area contributed by atoms with E-state index < -0.39 is 12.8 Å². The van der Waals surface area contributed by atoms with Crippen molar-refractivity contribution in [1.82, 2.24) is 10.3 Å². The molecule has 0 bridgehead atoms. The molecule has 1 aliphatic rings. The van der Waals surface area contributed by atoms with Crippen molar-refractivity contribution in [2.24, 2.45) is 11.7 Å². The van der Waals surface area contributed by atoms with Gasteiger partial charge in [-0.15, -0.1) is 12.4 Å². The maximum atomic E-state index is 12.1. The first kappa shape index (κ1) is 19.5. The Morgan fingerprint density at radius 3 is 2.70 bits per heavy atom. The van der Waals surface area contributed by atoms with Crippen molar-refractivity contribution in [2.75, 3.05) is 13.2 Å².